The fourth-order valence-corrected chi connectivity index (χ4v) is 3.13. The van der Waals surface area contributed by atoms with Gasteiger partial charge >= 0.3 is 0 Å². The van der Waals surface area contributed by atoms with Crippen LogP contribution in [-0.2, 0) is 4.74 Å². The Balaban J connectivity index is 1.67. The fraction of sp³-hybridized carbons (Fsp3) is 0.600. The lowest BCUT2D eigenvalue weighted by atomic mass is 9.93. The number of hydrogen-bond acceptors (Lipinski definition) is 7. The number of nitrogens with one attached hydrogen (secondary N) is 1. The van der Waals surface area contributed by atoms with E-state index in [1.165, 1.54) is 6.42 Å². The van der Waals surface area contributed by atoms with Crippen LogP contribution in [0.3, 0.4) is 0 Å². The highest BCUT2D eigenvalue weighted by atomic mass is 16.6. The zero-order chi connectivity index (χ0) is 16.0. The van der Waals surface area contributed by atoms with Gasteiger partial charge in [0.1, 0.15) is 23.8 Å². The summed E-state index contributed by atoms with van der Waals surface area (Å²) in [5, 5.41) is 32.7. The van der Waals surface area contributed by atoms with Gasteiger partial charge in [-0.25, -0.2) is 9.97 Å². The molecule has 1 saturated carbocycles. The second-order valence-corrected chi connectivity index (χ2v) is 6.18. The Hall–Kier alpha value is -1.74. The second kappa shape index (κ2) is 5.72. The molecule has 2 aliphatic rings. The van der Waals surface area contributed by atoms with E-state index in [1.54, 1.807) is 23.2 Å². The van der Waals surface area contributed by atoms with E-state index in [0.717, 1.165) is 24.2 Å². The predicted octanol–water partition coefficient (Wildman–Crippen LogP) is 0.00720. The third-order valence-corrected chi connectivity index (χ3v) is 4.73. The number of pyridine rings is 1. The standard InChI is InChI=1S/C15H20N4O4/c20-6-10-12(21)13(22)15(23-10)19-7-17-11-9(19)4-5-16-14(11)18-8-2-1-3-8/h4-5,7-8,10,12-13,15,20-22H,1-3,6H2,(H,16,18). The van der Waals surface area contributed by atoms with Crippen molar-refractivity contribution in [1.29, 1.82) is 0 Å². The average Bonchev–Trinajstić information content (AvgIpc) is 3.06. The zero-order valence-corrected chi connectivity index (χ0v) is 12.5. The van der Waals surface area contributed by atoms with Gasteiger partial charge in [0.2, 0.25) is 0 Å². The monoisotopic (exact) mass is 320 g/mol. The Morgan fingerprint density at radius 1 is 1.26 bits per heavy atom. The SMILES string of the molecule is OCC1OC(n2cnc3c(NC4CCC4)nccc32)C(O)C1O. The Morgan fingerprint density at radius 2 is 2.09 bits per heavy atom. The number of aliphatic hydroxyl groups excluding tert-OH is 3. The number of aromatic nitrogens is 3. The van der Waals surface area contributed by atoms with E-state index in [9.17, 15) is 15.3 Å². The topological polar surface area (TPSA) is 113 Å². The van der Waals surface area contributed by atoms with E-state index >= 15 is 0 Å². The minimum Gasteiger partial charge on any atom is -0.394 e. The van der Waals surface area contributed by atoms with Crippen LogP contribution in [0.4, 0.5) is 5.82 Å². The maximum atomic E-state index is 10.2. The highest BCUT2D eigenvalue weighted by Gasteiger charge is 2.43. The summed E-state index contributed by atoms with van der Waals surface area (Å²) in [5.74, 6) is 0.720. The minimum absolute atomic E-state index is 0.350. The van der Waals surface area contributed by atoms with Crippen LogP contribution in [0.25, 0.3) is 11.0 Å². The van der Waals surface area contributed by atoms with Gasteiger partial charge in [-0.15, -0.1) is 0 Å². The Bertz CT molecular complexity index is 702. The Kier molecular flexibility index (Phi) is 3.68. The van der Waals surface area contributed by atoms with E-state index in [1.807, 2.05) is 0 Å². The van der Waals surface area contributed by atoms with Crippen molar-refractivity contribution in [2.24, 2.45) is 0 Å². The number of nitrogens with zero attached hydrogens (tertiary/aromatic N) is 3. The molecular weight excluding hydrogens is 300 g/mol. The molecule has 1 aliphatic carbocycles. The average molecular weight is 320 g/mol. The van der Waals surface area contributed by atoms with Crippen molar-refractivity contribution in [1.82, 2.24) is 14.5 Å². The molecule has 0 spiro atoms. The number of ether oxygens (including phenoxy) is 1. The van der Waals surface area contributed by atoms with Crippen LogP contribution in [0.1, 0.15) is 25.5 Å². The van der Waals surface area contributed by atoms with Crippen LogP contribution in [-0.4, -0.2) is 60.8 Å². The highest BCUT2D eigenvalue weighted by molar-refractivity contribution is 5.86. The molecule has 1 aliphatic heterocycles. The molecule has 8 heteroatoms. The van der Waals surface area contributed by atoms with Gasteiger partial charge in [0.05, 0.1) is 18.5 Å². The molecule has 0 bridgehead atoms. The molecular formula is C15H20N4O4. The molecule has 4 unspecified atom stereocenters. The van der Waals surface area contributed by atoms with Crippen LogP contribution in [0.5, 0.6) is 0 Å². The van der Waals surface area contributed by atoms with E-state index < -0.39 is 24.5 Å². The summed E-state index contributed by atoms with van der Waals surface area (Å²) in [5.41, 5.74) is 1.47. The summed E-state index contributed by atoms with van der Waals surface area (Å²) in [6, 6.07) is 2.23. The van der Waals surface area contributed by atoms with Crippen molar-refractivity contribution < 1.29 is 20.1 Å². The molecule has 2 aromatic heterocycles. The summed E-state index contributed by atoms with van der Waals surface area (Å²) in [4.78, 5) is 8.74. The first kappa shape index (κ1) is 14.8. The lowest BCUT2D eigenvalue weighted by molar-refractivity contribution is -0.0508. The van der Waals surface area contributed by atoms with Crippen molar-refractivity contribution >= 4 is 16.9 Å². The maximum Gasteiger partial charge on any atom is 0.164 e. The van der Waals surface area contributed by atoms with E-state index in [0.29, 0.717) is 11.6 Å². The fourth-order valence-electron chi connectivity index (χ4n) is 3.13. The van der Waals surface area contributed by atoms with Crippen molar-refractivity contribution in [3.63, 3.8) is 0 Å². The molecule has 124 valence electrons. The Labute approximate surface area is 132 Å². The van der Waals surface area contributed by atoms with Gasteiger partial charge in [-0.3, -0.25) is 0 Å². The molecule has 3 heterocycles. The summed E-state index contributed by atoms with van der Waals surface area (Å²) < 4.78 is 7.25. The molecule has 2 aromatic rings. The van der Waals surface area contributed by atoms with Crippen LogP contribution >= 0.6 is 0 Å². The summed E-state index contributed by atoms with van der Waals surface area (Å²) in [6.07, 6.45) is 2.90. The van der Waals surface area contributed by atoms with E-state index in [4.69, 9.17) is 4.74 Å². The number of hydrogen-bond donors (Lipinski definition) is 4. The molecule has 0 amide bonds. The third kappa shape index (κ3) is 2.38. The number of anilines is 1. The molecule has 4 atom stereocenters. The first-order chi connectivity index (χ1) is 11.2. The van der Waals surface area contributed by atoms with Crippen molar-refractivity contribution in [3.8, 4) is 0 Å². The molecule has 4 N–H and O–H groups in total. The normalized spacial score (nSPS) is 31.4. The maximum absolute atomic E-state index is 10.2. The van der Waals surface area contributed by atoms with Crippen LogP contribution in [0.2, 0.25) is 0 Å². The molecule has 1 saturated heterocycles. The van der Waals surface area contributed by atoms with Gasteiger partial charge in [0.15, 0.2) is 12.0 Å². The lowest BCUT2D eigenvalue weighted by Gasteiger charge is -2.27. The van der Waals surface area contributed by atoms with Crippen LogP contribution in [0, 0.1) is 0 Å². The van der Waals surface area contributed by atoms with E-state index in [2.05, 4.69) is 15.3 Å². The second-order valence-electron chi connectivity index (χ2n) is 6.18. The van der Waals surface area contributed by atoms with Gasteiger partial charge < -0.3 is 29.9 Å². The Morgan fingerprint density at radius 3 is 2.74 bits per heavy atom. The number of aliphatic hydroxyl groups is 3. The number of imidazole rings is 1. The number of fused-ring (bicyclic) bond motifs is 1. The zero-order valence-electron chi connectivity index (χ0n) is 12.5. The quantitative estimate of drug-likeness (QED) is 0.627. The third-order valence-electron chi connectivity index (χ3n) is 4.73. The van der Waals surface area contributed by atoms with Crippen molar-refractivity contribution in [2.45, 2.75) is 49.8 Å². The van der Waals surface area contributed by atoms with Gasteiger partial charge in [-0.1, -0.05) is 0 Å². The molecule has 0 radical (unpaired) electrons. The lowest BCUT2D eigenvalue weighted by Crippen LogP contribution is -2.33. The minimum atomic E-state index is -1.13. The smallest absolute Gasteiger partial charge is 0.164 e. The molecule has 0 aromatic carbocycles. The van der Waals surface area contributed by atoms with Crippen LogP contribution < -0.4 is 5.32 Å². The van der Waals surface area contributed by atoms with Gasteiger partial charge in [0.25, 0.3) is 0 Å². The van der Waals surface area contributed by atoms with Gasteiger partial charge in [-0.05, 0) is 25.3 Å². The summed E-state index contributed by atoms with van der Waals surface area (Å²) in [7, 11) is 0. The predicted molar refractivity (Wildman–Crippen MR) is 81.8 cm³/mol. The molecule has 4 rings (SSSR count). The molecule has 23 heavy (non-hydrogen) atoms. The molecule has 8 nitrogen and oxygen atoms in total. The highest BCUT2D eigenvalue weighted by Crippen LogP contribution is 2.33. The summed E-state index contributed by atoms with van der Waals surface area (Å²) in [6.45, 7) is -0.350. The van der Waals surface area contributed by atoms with Crippen LogP contribution in [0.15, 0.2) is 18.6 Å². The summed E-state index contributed by atoms with van der Waals surface area (Å²) >= 11 is 0. The van der Waals surface area contributed by atoms with Gasteiger partial charge in [-0.2, -0.15) is 0 Å². The first-order valence-electron chi connectivity index (χ1n) is 7.89. The molecule has 2 fully saturated rings. The van der Waals surface area contributed by atoms with Crippen molar-refractivity contribution in [3.05, 3.63) is 18.6 Å². The largest absolute Gasteiger partial charge is 0.394 e. The van der Waals surface area contributed by atoms with E-state index in [-0.39, 0.29) is 6.61 Å². The van der Waals surface area contributed by atoms with Crippen molar-refractivity contribution in [2.75, 3.05) is 11.9 Å². The number of rotatable bonds is 4. The first-order valence-corrected chi connectivity index (χ1v) is 7.89. The van der Waals surface area contributed by atoms with Gasteiger partial charge in [0, 0.05) is 12.2 Å².